The molecule has 3 aromatic rings. The average Bonchev–Trinajstić information content (AvgIpc) is 3.14. The van der Waals surface area contributed by atoms with Gasteiger partial charge >= 0.3 is 0 Å². The van der Waals surface area contributed by atoms with E-state index in [1.54, 1.807) is 13.2 Å². The zero-order valence-corrected chi connectivity index (χ0v) is 14.0. The van der Waals surface area contributed by atoms with E-state index in [4.69, 9.17) is 9.15 Å². The van der Waals surface area contributed by atoms with Gasteiger partial charge in [0.25, 0.3) is 0 Å². The van der Waals surface area contributed by atoms with E-state index in [1.807, 2.05) is 32.9 Å². The number of nitrogens with one attached hydrogen (secondary N) is 1. The van der Waals surface area contributed by atoms with E-state index in [2.05, 4.69) is 15.0 Å². The predicted molar refractivity (Wildman–Crippen MR) is 91.0 cm³/mol. The van der Waals surface area contributed by atoms with Crippen molar-refractivity contribution in [3.63, 3.8) is 0 Å². The van der Waals surface area contributed by atoms with Gasteiger partial charge in [-0.2, -0.15) is 0 Å². The van der Waals surface area contributed by atoms with Crippen LogP contribution in [0.25, 0.3) is 16.5 Å². The fourth-order valence-corrected chi connectivity index (χ4v) is 2.56. The van der Waals surface area contributed by atoms with Crippen molar-refractivity contribution in [2.45, 2.75) is 20.8 Å². The van der Waals surface area contributed by atoms with E-state index in [0.717, 1.165) is 33.4 Å². The fraction of sp³-hybridized carbons (Fsp3) is 0.222. The Kier molecular flexibility index (Phi) is 4.12. The predicted octanol–water partition coefficient (Wildman–Crippen LogP) is 4.09. The van der Waals surface area contributed by atoms with E-state index in [1.165, 1.54) is 12.3 Å². The van der Waals surface area contributed by atoms with Crippen LogP contribution in [-0.2, 0) is 4.79 Å². The number of aryl methyl sites for hydroxylation is 2. The van der Waals surface area contributed by atoms with Crippen molar-refractivity contribution >= 4 is 28.3 Å². The van der Waals surface area contributed by atoms with E-state index in [-0.39, 0.29) is 5.91 Å². The first-order valence-electron chi connectivity index (χ1n) is 7.47. The minimum Gasteiger partial charge on any atom is -0.496 e. The summed E-state index contributed by atoms with van der Waals surface area (Å²) in [5.41, 5.74) is 3.46. The van der Waals surface area contributed by atoms with Crippen molar-refractivity contribution in [2.24, 2.45) is 0 Å². The topological polar surface area (TPSA) is 77.5 Å². The van der Waals surface area contributed by atoms with Crippen LogP contribution < -0.4 is 10.1 Å². The first kappa shape index (κ1) is 15.9. The monoisotopic (exact) mass is 326 g/mol. The first-order chi connectivity index (χ1) is 11.5. The minimum atomic E-state index is -0.288. The highest BCUT2D eigenvalue weighted by Gasteiger charge is 2.14. The van der Waals surface area contributed by atoms with Crippen LogP contribution in [0.15, 0.2) is 39.5 Å². The molecule has 2 heterocycles. The Morgan fingerprint density at radius 3 is 2.79 bits per heavy atom. The molecular formula is C18H18N2O4. The second kappa shape index (κ2) is 6.23. The van der Waals surface area contributed by atoms with Gasteiger partial charge in [0.1, 0.15) is 23.4 Å². The minimum absolute atomic E-state index is 0.288. The third-order valence-electron chi connectivity index (χ3n) is 3.96. The smallest absolute Gasteiger partial charge is 0.249 e. The molecule has 0 aliphatic heterocycles. The normalized spacial score (nSPS) is 11.8. The van der Waals surface area contributed by atoms with Gasteiger partial charge in [0.05, 0.1) is 7.11 Å². The number of benzene rings is 1. The van der Waals surface area contributed by atoms with Crippen molar-refractivity contribution in [3.05, 3.63) is 47.4 Å². The van der Waals surface area contributed by atoms with E-state index in [9.17, 15) is 4.79 Å². The number of ether oxygens (including phenoxy) is 1. The summed E-state index contributed by atoms with van der Waals surface area (Å²) in [6.45, 7) is 5.79. The van der Waals surface area contributed by atoms with Gasteiger partial charge in [0.2, 0.25) is 5.91 Å². The number of allylic oxidation sites excluding steroid dienone is 1. The Hall–Kier alpha value is -3.02. The molecule has 0 bridgehead atoms. The Bertz CT molecular complexity index is 920. The quantitative estimate of drug-likeness (QED) is 0.731. The summed E-state index contributed by atoms with van der Waals surface area (Å²) in [5.74, 6) is 1.60. The van der Waals surface area contributed by atoms with Crippen molar-refractivity contribution in [1.29, 1.82) is 0 Å². The zero-order valence-electron chi connectivity index (χ0n) is 14.0. The number of furan rings is 1. The molecule has 0 fully saturated rings. The van der Waals surface area contributed by atoms with Crippen LogP contribution in [0.5, 0.6) is 5.75 Å². The van der Waals surface area contributed by atoms with Crippen LogP contribution in [-0.4, -0.2) is 18.2 Å². The Morgan fingerprint density at radius 2 is 2.12 bits per heavy atom. The Morgan fingerprint density at radius 1 is 1.33 bits per heavy atom. The molecule has 1 N–H and O–H groups in total. The molecule has 0 spiro atoms. The van der Waals surface area contributed by atoms with Gasteiger partial charge in [0.15, 0.2) is 5.82 Å². The second-order valence-electron chi connectivity index (χ2n) is 5.53. The van der Waals surface area contributed by atoms with Crippen molar-refractivity contribution in [1.82, 2.24) is 5.16 Å². The van der Waals surface area contributed by atoms with Crippen molar-refractivity contribution < 1.29 is 18.5 Å². The maximum absolute atomic E-state index is 12.1. The van der Waals surface area contributed by atoms with Gasteiger partial charge < -0.3 is 19.0 Å². The number of anilines is 1. The maximum atomic E-state index is 12.1. The van der Waals surface area contributed by atoms with Crippen molar-refractivity contribution in [3.8, 4) is 5.75 Å². The molecule has 24 heavy (non-hydrogen) atoms. The summed E-state index contributed by atoms with van der Waals surface area (Å²) in [5, 5.41) is 7.29. The lowest BCUT2D eigenvalue weighted by atomic mass is 10.0. The van der Waals surface area contributed by atoms with Gasteiger partial charge in [-0.25, -0.2) is 0 Å². The molecule has 1 aromatic carbocycles. The Balaban J connectivity index is 1.98. The number of fused-ring (bicyclic) bond motifs is 1. The number of hydrogen-bond acceptors (Lipinski definition) is 5. The molecule has 124 valence electrons. The van der Waals surface area contributed by atoms with Crippen LogP contribution in [0.1, 0.15) is 23.8 Å². The molecule has 0 unspecified atom stereocenters. The maximum Gasteiger partial charge on any atom is 0.249 e. The molecule has 0 aliphatic carbocycles. The van der Waals surface area contributed by atoms with Gasteiger partial charge in [-0.05, 0) is 38.0 Å². The number of aromatic nitrogens is 1. The fourth-order valence-electron chi connectivity index (χ4n) is 2.56. The molecule has 0 aliphatic rings. The lowest BCUT2D eigenvalue weighted by molar-refractivity contribution is -0.111. The van der Waals surface area contributed by atoms with Crippen molar-refractivity contribution in [2.75, 3.05) is 12.4 Å². The number of hydrogen-bond donors (Lipinski definition) is 1. The van der Waals surface area contributed by atoms with E-state index >= 15 is 0 Å². The highest BCUT2D eigenvalue weighted by molar-refractivity contribution is 6.04. The molecule has 6 heteroatoms. The molecule has 2 aromatic heterocycles. The van der Waals surface area contributed by atoms with E-state index in [0.29, 0.717) is 11.6 Å². The van der Waals surface area contributed by atoms with Crippen LogP contribution in [0.2, 0.25) is 0 Å². The number of amides is 1. The molecule has 3 rings (SSSR count). The molecule has 0 saturated heterocycles. The number of rotatable bonds is 4. The molecular weight excluding hydrogens is 308 g/mol. The van der Waals surface area contributed by atoms with Crippen LogP contribution in [0.4, 0.5) is 5.82 Å². The number of carbonyl (C=O) groups is 1. The summed E-state index contributed by atoms with van der Waals surface area (Å²) < 4.78 is 15.9. The average molecular weight is 326 g/mol. The molecule has 1 amide bonds. The summed E-state index contributed by atoms with van der Waals surface area (Å²) in [6.07, 6.45) is 2.90. The molecule has 0 atom stereocenters. The second-order valence-corrected chi connectivity index (χ2v) is 5.53. The van der Waals surface area contributed by atoms with Gasteiger partial charge in [-0.15, -0.1) is 0 Å². The summed E-state index contributed by atoms with van der Waals surface area (Å²) in [4.78, 5) is 12.1. The molecule has 0 saturated carbocycles. The first-order valence-corrected chi connectivity index (χ1v) is 7.47. The number of carbonyl (C=O) groups excluding carboxylic acids is 1. The Labute approximate surface area is 139 Å². The largest absolute Gasteiger partial charge is 0.496 e. The SMILES string of the molecule is COc1cc2oc(C)c(C)c2cc1/C(C)=C/C(=O)Nc1ccon1. The van der Waals surface area contributed by atoms with Gasteiger partial charge in [0, 0.05) is 29.2 Å². The van der Waals surface area contributed by atoms with E-state index < -0.39 is 0 Å². The van der Waals surface area contributed by atoms with Gasteiger partial charge in [-0.1, -0.05) is 5.16 Å². The summed E-state index contributed by atoms with van der Waals surface area (Å²) in [7, 11) is 1.59. The molecule has 6 nitrogen and oxygen atoms in total. The van der Waals surface area contributed by atoms with Crippen LogP contribution in [0, 0.1) is 13.8 Å². The van der Waals surface area contributed by atoms with Crippen LogP contribution >= 0.6 is 0 Å². The standard InChI is InChI=1S/C18H18N2O4/c1-10(7-18(21)19-17-5-6-23-20-17)13-8-14-11(2)12(3)24-16(14)9-15(13)22-4/h5-9H,1-4H3,(H,19,20,21)/b10-7+. The lowest BCUT2D eigenvalue weighted by Gasteiger charge is -2.09. The van der Waals surface area contributed by atoms with Gasteiger partial charge in [-0.3, -0.25) is 4.79 Å². The number of methoxy groups -OCH3 is 1. The molecule has 0 radical (unpaired) electrons. The lowest BCUT2D eigenvalue weighted by Crippen LogP contribution is -2.08. The van der Waals surface area contributed by atoms with Crippen LogP contribution in [0.3, 0.4) is 0 Å². The summed E-state index contributed by atoms with van der Waals surface area (Å²) >= 11 is 0. The highest BCUT2D eigenvalue weighted by atomic mass is 16.5. The highest BCUT2D eigenvalue weighted by Crippen LogP contribution is 2.34. The zero-order chi connectivity index (χ0) is 17.3. The third-order valence-corrected chi connectivity index (χ3v) is 3.96. The number of nitrogens with zero attached hydrogens (tertiary/aromatic N) is 1. The summed E-state index contributed by atoms with van der Waals surface area (Å²) in [6, 6.07) is 5.40. The third kappa shape index (κ3) is 2.90.